The molecule has 0 aliphatic carbocycles. The number of hydrogen-bond donors (Lipinski definition) is 1. The number of hydrogen-bond acceptors (Lipinski definition) is 5. The zero-order valence-corrected chi connectivity index (χ0v) is 17.6. The Morgan fingerprint density at radius 3 is 2.03 bits per heavy atom. The predicted octanol–water partition coefficient (Wildman–Crippen LogP) is 5.83. The van der Waals surface area contributed by atoms with Crippen molar-refractivity contribution in [2.75, 3.05) is 5.32 Å². The van der Waals surface area contributed by atoms with Gasteiger partial charge in [0.2, 0.25) is 11.8 Å². The molecule has 0 saturated carbocycles. The monoisotopic (exact) mass is 413 g/mol. The van der Waals surface area contributed by atoms with Crippen molar-refractivity contribution >= 4 is 11.6 Å². The van der Waals surface area contributed by atoms with Gasteiger partial charge in [0.05, 0.1) is 5.56 Å². The summed E-state index contributed by atoms with van der Waals surface area (Å²) in [6.07, 6.45) is 0. The van der Waals surface area contributed by atoms with Crippen molar-refractivity contribution in [3.8, 4) is 28.7 Å². The largest absolute Gasteiger partial charge is 0.487 e. The maximum atomic E-state index is 12.8. The Morgan fingerprint density at radius 1 is 0.806 bits per heavy atom. The number of benzene rings is 3. The Bertz CT molecular complexity index is 1180. The van der Waals surface area contributed by atoms with Crippen LogP contribution < -0.4 is 10.1 Å². The molecule has 0 radical (unpaired) electrons. The summed E-state index contributed by atoms with van der Waals surface area (Å²) >= 11 is 0. The molecule has 6 heteroatoms. The molecule has 0 unspecified atom stereocenters. The Labute approximate surface area is 180 Å². The Hall–Kier alpha value is -3.93. The second kappa shape index (κ2) is 8.44. The van der Waals surface area contributed by atoms with Gasteiger partial charge < -0.3 is 14.5 Å². The normalized spacial score (nSPS) is 11.2. The van der Waals surface area contributed by atoms with Gasteiger partial charge in [0, 0.05) is 16.8 Å². The van der Waals surface area contributed by atoms with Gasteiger partial charge in [-0.25, -0.2) is 0 Å². The molecule has 0 saturated heterocycles. The van der Waals surface area contributed by atoms with Crippen LogP contribution in [0.2, 0.25) is 0 Å². The smallest absolute Gasteiger partial charge is 0.259 e. The number of aromatic nitrogens is 2. The first kappa shape index (κ1) is 20.3. The summed E-state index contributed by atoms with van der Waals surface area (Å²) in [5.41, 5.74) is 2.36. The SMILES string of the molecule is CC(C)(C)Oc1ccccc1C(=O)Nc1ccc(-c2nnc(-c3ccccc3)o2)cc1. The van der Waals surface area contributed by atoms with Crippen molar-refractivity contribution in [2.45, 2.75) is 26.4 Å². The number of carbonyl (C=O) groups excluding carboxylic acids is 1. The fraction of sp³-hybridized carbons (Fsp3) is 0.160. The molecule has 1 N–H and O–H groups in total. The number of para-hydroxylation sites is 1. The van der Waals surface area contributed by atoms with E-state index in [1.807, 2.05) is 75.4 Å². The summed E-state index contributed by atoms with van der Waals surface area (Å²) in [5.74, 6) is 1.18. The molecular weight excluding hydrogens is 390 g/mol. The summed E-state index contributed by atoms with van der Waals surface area (Å²) in [4.78, 5) is 12.8. The highest BCUT2D eigenvalue weighted by Gasteiger charge is 2.18. The number of anilines is 1. The molecule has 0 atom stereocenters. The minimum absolute atomic E-state index is 0.239. The van der Waals surface area contributed by atoms with Crippen LogP contribution in [0.3, 0.4) is 0 Å². The van der Waals surface area contributed by atoms with Crippen LogP contribution in [0.25, 0.3) is 22.9 Å². The maximum Gasteiger partial charge on any atom is 0.259 e. The van der Waals surface area contributed by atoms with E-state index in [0.717, 1.165) is 11.1 Å². The molecule has 1 heterocycles. The van der Waals surface area contributed by atoms with Crippen LogP contribution in [-0.4, -0.2) is 21.7 Å². The van der Waals surface area contributed by atoms with Crippen LogP contribution in [0, 0.1) is 0 Å². The topological polar surface area (TPSA) is 77.2 Å². The van der Waals surface area contributed by atoms with Crippen LogP contribution >= 0.6 is 0 Å². The zero-order valence-electron chi connectivity index (χ0n) is 17.6. The number of carbonyl (C=O) groups is 1. The molecule has 0 aliphatic heterocycles. The molecule has 0 aliphatic rings. The second-order valence-corrected chi connectivity index (χ2v) is 8.02. The van der Waals surface area contributed by atoms with E-state index in [2.05, 4.69) is 15.5 Å². The van der Waals surface area contributed by atoms with E-state index in [1.54, 1.807) is 24.3 Å². The lowest BCUT2D eigenvalue weighted by molar-refractivity contribution is 0.0999. The second-order valence-electron chi connectivity index (χ2n) is 8.02. The quantitative estimate of drug-likeness (QED) is 0.445. The molecule has 0 bridgehead atoms. The van der Waals surface area contributed by atoms with E-state index in [1.165, 1.54) is 0 Å². The zero-order chi connectivity index (χ0) is 21.8. The summed E-state index contributed by atoms with van der Waals surface area (Å²) in [6, 6.07) is 24.1. The van der Waals surface area contributed by atoms with Gasteiger partial charge in [-0.3, -0.25) is 4.79 Å². The van der Waals surface area contributed by atoms with E-state index >= 15 is 0 Å². The van der Waals surface area contributed by atoms with Crippen molar-refractivity contribution in [2.24, 2.45) is 0 Å². The van der Waals surface area contributed by atoms with E-state index in [9.17, 15) is 4.79 Å². The van der Waals surface area contributed by atoms with Gasteiger partial charge in [0.15, 0.2) is 0 Å². The van der Waals surface area contributed by atoms with Gasteiger partial charge >= 0.3 is 0 Å². The van der Waals surface area contributed by atoms with Gasteiger partial charge in [-0.05, 0) is 69.3 Å². The highest BCUT2D eigenvalue weighted by atomic mass is 16.5. The molecule has 4 rings (SSSR count). The lowest BCUT2D eigenvalue weighted by Crippen LogP contribution is -2.25. The molecule has 1 amide bonds. The van der Waals surface area contributed by atoms with Crippen molar-refractivity contribution in [1.29, 1.82) is 0 Å². The van der Waals surface area contributed by atoms with Crippen molar-refractivity contribution in [1.82, 2.24) is 10.2 Å². The third kappa shape index (κ3) is 4.98. The minimum atomic E-state index is -0.402. The molecule has 156 valence electrons. The average molecular weight is 413 g/mol. The van der Waals surface area contributed by atoms with E-state index < -0.39 is 5.60 Å². The van der Waals surface area contributed by atoms with Crippen LogP contribution in [0.15, 0.2) is 83.3 Å². The van der Waals surface area contributed by atoms with E-state index in [4.69, 9.17) is 9.15 Å². The first-order valence-corrected chi connectivity index (χ1v) is 9.98. The van der Waals surface area contributed by atoms with Gasteiger partial charge in [-0.15, -0.1) is 10.2 Å². The van der Waals surface area contributed by atoms with Gasteiger partial charge in [-0.1, -0.05) is 30.3 Å². The fourth-order valence-corrected chi connectivity index (χ4v) is 3.00. The standard InChI is InChI=1S/C25H23N3O3/c1-25(2,3)31-21-12-8-7-11-20(21)22(29)26-19-15-13-18(14-16-19)24-28-27-23(30-24)17-9-5-4-6-10-17/h4-16H,1-3H3,(H,26,29). The third-order valence-corrected chi connectivity index (χ3v) is 4.38. The molecule has 6 nitrogen and oxygen atoms in total. The van der Waals surface area contributed by atoms with Gasteiger partial charge in [0.25, 0.3) is 5.91 Å². The van der Waals surface area contributed by atoms with Gasteiger partial charge in [0.1, 0.15) is 11.4 Å². The highest BCUT2D eigenvalue weighted by molar-refractivity contribution is 6.06. The summed E-state index contributed by atoms with van der Waals surface area (Å²) in [5, 5.41) is 11.1. The van der Waals surface area contributed by atoms with E-state index in [0.29, 0.717) is 28.8 Å². The highest BCUT2D eigenvalue weighted by Crippen LogP contribution is 2.26. The third-order valence-electron chi connectivity index (χ3n) is 4.38. The van der Waals surface area contributed by atoms with Crippen LogP contribution in [0.4, 0.5) is 5.69 Å². The Morgan fingerprint density at radius 2 is 1.39 bits per heavy atom. The fourth-order valence-electron chi connectivity index (χ4n) is 3.00. The van der Waals surface area contributed by atoms with Crippen LogP contribution in [0.1, 0.15) is 31.1 Å². The molecule has 0 fully saturated rings. The van der Waals surface area contributed by atoms with Crippen LogP contribution in [-0.2, 0) is 0 Å². The molecule has 3 aromatic carbocycles. The maximum absolute atomic E-state index is 12.8. The Balaban J connectivity index is 1.49. The van der Waals surface area contributed by atoms with Crippen molar-refractivity contribution < 1.29 is 13.9 Å². The Kier molecular flexibility index (Phi) is 5.54. The number of rotatable bonds is 5. The molecular formula is C25H23N3O3. The minimum Gasteiger partial charge on any atom is -0.487 e. The van der Waals surface area contributed by atoms with Crippen molar-refractivity contribution in [3.05, 3.63) is 84.4 Å². The number of nitrogens with zero attached hydrogens (tertiary/aromatic N) is 2. The summed E-state index contributed by atoms with van der Waals surface area (Å²) in [7, 11) is 0. The first-order valence-electron chi connectivity index (χ1n) is 9.98. The van der Waals surface area contributed by atoms with E-state index in [-0.39, 0.29) is 5.91 Å². The van der Waals surface area contributed by atoms with Crippen molar-refractivity contribution in [3.63, 3.8) is 0 Å². The molecule has 0 spiro atoms. The predicted molar refractivity (Wildman–Crippen MR) is 120 cm³/mol. The summed E-state index contributed by atoms with van der Waals surface area (Å²) in [6.45, 7) is 5.84. The average Bonchev–Trinajstić information content (AvgIpc) is 3.24. The number of nitrogens with one attached hydrogen (secondary N) is 1. The van der Waals surface area contributed by atoms with Gasteiger partial charge in [-0.2, -0.15) is 0 Å². The molecule has 1 aromatic heterocycles. The molecule has 4 aromatic rings. The summed E-state index contributed by atoms with van der Waals surface area (Å²) < 4.78 is 11.7. The molecule has 31 heavy (non-hydrogen) atoms. The number of amides is 1. The lowest BCUT2D eigenvalue weighted by atomic mass is 10.1. The lowest BCUT2D eigenvalue weighted by Gasteiger charge is -2.23. The first-order chi connectivity index (χ1) is 14.9. The van der Waals surface area contributed by atoms with Crippen LogP contribution in [0.5, 0.6) is 5.75 Å². The number of ether oxygens (including phenoxy) is 1.